The second-order valence-corrected chi connectivity index (χ2v) is 26.8. The zero-order valence-corrected chi connectivity index (χ0v) is 53.1. The molecule has 4 fully saturated rings. The molecule has 8 heterocycles. The fourth-order valence-corrected chi connectivity index (χ4v) is 14.8. The molecule has 3 aliphatic carbocycles. The third kappa shape index (κ3) is 12.5. The Kier molecular flexibility index (Phi) is 16.9. The van der Waals surface area contributed by atoms with Gasteiger partial charge in [-0.05, 0) is 109 Å². The number of H-pyrrole nitrogens is 2. The van der Waals surface area contributed by atoms with E-state index < -0.39 is 60.7 Å². The van der Waals surface area contributed by atoms with E-state index in [1.54, 1.807) is 32.0 Å². The van der Waals surface area contributed by atoms with Gasteiger partial charge in [-0.15, -0.1) is 0 Å². The van der Waals surface area contributed by atoms with Gasteiger partial charge in [-0.3, -0.25) is 19.4 Å². The molecule has 3 aromatic carbocycles. The Labute approximate surface area is 539 Å². The Morgan fingerprint density at radius 2 is 1.05 bits per heavy atom. The number of nitrogens with zero attached hydrogens (tertiary/aromatic N) is 6. The van der Waals surface area contributed by atoms with E-state index in [9.17, 15) is 28.8 Å². The molecule has 2 aromatic heterocycles. The van der Waals surface area contributed by atoms with E-state index in [4.69, 9.17) is 47.9 Å². The molecule has 6 aliphatic heterocycles. The maximum Gasteiger partial charge on any atom is 0.410 e. The number of ether oxygens (including phenoxy) is 8. The fourth-order valence-electron chi connectivity index (χ4n) is 14.8. The van der Waals surface area contributed by atoms with Gasteiger partial charge in [0.05, 0.1) is 62.0 Å². The molecule has 2 saturated heterocycles. The lowest BCUT2D eigenvalue weighted by Crippen LogP contribution is -2.52. The van der Waals surface area contributed by atoms with Crippen LogP contribution in [0.3, 0.4) is 0 Å². The number of aromatic amines is 2. The molecule has 93 heavy (non-hydrogen) atoms. The van der Waals surface area contributed by atoms with Crippen molar-refractivity contribution in [2.45, 2.75) is 167 Å². The first-order valence-corrected chi connectivity index (χ1v) is 32.9. The minimum Gasteiger partial charge on any atom is -0.458 e. The van der Waals surface area contributed by atoms with Crippen LogP contribution in [0, 0.1) is 17.8 Å². The molecule has 9 aliphatic rings. The number of alkyl carbamates (subject to hydrolysis) is 2. The second-order valence-electron chi connectivity index (χ2n) is 26.8. The predicted octanol–water partition coefficient (Wildman–Crippen LogP) is 10.7. The highest BCUT2D eigenvalue weighted by Gasteiger charge is 2.47. The van der Waals surface area contributed by atoms with Crippen LogP contribution in [0.5, 0.6) is 11.5 Å². The number of benzene rings is 3. The molecule has 2 saturated carbocycles. The monoisotopic (exact) mass is 1270 g/mol. The van der Waals surface area contributed by atoms with Crippen LogP contribution in [0.15, 0.2) is 95.7 Å². The topological polar surface area (TPSA) is 271 Å². The van der Waals surface area contributed by atoms with Crippen molar-refractivity contribution in [3.63, 3.8) is 0 Å². The first-order valence-electron chi connectivity index (χ1n) is 32.9. The Morgan fingerprint density at radius 3 is 1.57 bits per heavy atom. The highest BCUT2D eigenvalue weighted by molar-refractivity contribution is 5.88. The largest absolute Gasteiger partial charge is 0.458 e. The molecule has 6 amide bonds. The number of carbonyl (C=O) groups is 6. The van der Waals surface area contributed by atoms with Gasteiger partial charge in [-0.1, -0.05) is 89.2 Å². The summed E-state index contributed by atoms with van der Waals surface area (Å²) in [7, 11) is 0. The molecular formula is C69H80N10O14. The van der Waals surface area contributed by atoms with Crippen molar-refractivity contribution >= 4 is 36.2 Å². The summed E-state index contributed by atoms with van der Waals surface area (Å²) in [6.45, 7) is 11.5. The van der Waals surface area contributed by atoms with E-state index in [-0.39, 0.29) is 81.3 Å². The van der Waals surface area contributed by atoms with E-state index >= 15 is 0 Å². The average Bonchev–Trinajstić information content (AvgIpc) is 1.70. The minimum atomic E-state index is -0.915. The number of hydrogen-bond acceptors (Lipinski definition) is 16. The maximum absolute atomic E-state index is 14.8. The van der Waals surface area contributed by atoms with Crippen molar-refractivity contribution in [1.82, 2.24) is 50.2 Å². The number of aromatic nitrogens is 4. The molecule has 4 N–H and O–H groups in total. The quantitative estimate of drug-likeness (QED) is 0.0710. The van der Waals surface area contributed by atoms with Crippen LogP contribution in [0.2, 0.25) is 0 Å². The molecule has 24 nitrogen and oxygen atoms in total. The predicted molar refractivity (Wildman–Crippen MR) is 335 cm³/mol. The van der Waals surface area contributed by atoms with Crippen molar-refractivity contribution < 1.29 is 66.7 Å². The van der Waals surface area contributed by atoms with E-state index in [0.29, 0.717) is 55.7 Å². The van der Waals surface area contributed by atoms with E-state index in [1.165, 1.54) is 0 Å². The molecule has 5 aromatic rings. The lowest BCUT2D eigenvalue weighted by atomic mass is 9.88. The van der Waals surface area contributed by atoms with Gasteiger partial charge in [0.2, 0.25) is 25.4 Å². The van der Waals surface area contributed by atoms with Crippen molar-refractivity contribution in [2.75, 3.05) is 39.8 Å². The fraction of sp³-hybridized carbons (Fsp3) is 0.507. The van der Waals surface area contributed by atoms with Crippen molar-refractivity contribution in [1.29, 1.82) is 0 Å². The number of nitrogens with one attached hydrogen (secondary N) is 4. The molecule has 7 atom stereocenters. The van der Waals surface area contributed by atoms with Gasteiger partial charge >= 0.3 is 24.4 Å². The molecule has 0 radical (unpaired) electrons. The summed E-state index contributed by atoms with van der Waals surface area (Å²) in [6.07, 6.45) is 7.87. The Morgan fingerprint density at radius 1 is 0.559 bits per heavy atom. The number of allylic oxidation sites excluding steroid dienone is 1. The Balaban J connectivity index is 0.655. The van der Waals surface area contributed by atoms with Crippen LogP contribution in [-0.4, -0.2) is 152 Å². The second kappa shape index (κ2) is 25.7. The van der Waals surface area contributed by atoms with Gasteiger partial charge in [-0.25, -0.2) is 29.1 Å². The molecule has 490 valence electrons. The van der Waals surface area contributed by atoms with Crippen molar-refractivity contribution in [3.05, 3.63) is 118 Å². The maximum atomic E-state index is 14.8. The molecule has 24 heteroatoms. The molecule has 14 rings (SSSR count). The van der Waals surface area contributed by atoms with Gasteiger partial charge in [-0.2, -0.15) is 0 Å². The first-order chi connectivity index (χ1) is 45.0. The van der Waals surface area contributed by atoms with Crippen molar-refractivity contribution in [3.8, 4) is 45.1 Å². The molecule has 0 spiro atoms. The van der Waals surface area contributed by atoms with Crippen molar-refractivity contribution in [2.24, 2.45) is 17.8 Å². The SMILES string of the molecule is CC1CC2=C(OCO2)C2=C1CN(C(=O)O[C@@H]1C[C@@H](c3ncc(-c4ccc(-c5ccc(-c6cnc([C@@H]7C[C@@H](OC(=O)N8Cc9ccc%10c(c9C8)OCO%10)CN7C(=O)[C@@H](NC(=O)OC7CCCC7)C(C)C)[nH]6)cc5)cc4)[nH]3)N(C(=O)[C@@H](NC(=O)OC3CCCC3)C(C)C)C1)C2. The van der Waals surface area contributed by atoms with Gasteiger partial charge in [0.25, 0.3) is 0 Å². The van der Waals surface area contributed by atoms with E-state index in [2.05, 4.69) is 27.5 Å². The van der Waals surface area contributed by atoms with Gasteiger partial charge in [0, 0.05) is 43.5 Å². The number of amides is 6. The van der Waals surface area contributed by atoms with Gasteiger partial charge in [0.1, 0.15) is 53.9 Å². The highest BCUT2D eigenvalue weighted by Crippen LogP contribution is 2.45. The zero-order valence-electron chi connectivity index (χ0n) is 53.1. The zero-order chi connectivity index (χ0) is 64.2. The van der Waals surface area contributed by atoms with Crippen LogP contribution in [-0.2, 0) is 51.1 Å². The van der Waals surface area contributed by atoms with Crippen LogP contribution in [0.4, 0.5) is 19.2 Å². The summed E-state index contributed by atoms with van der Waals surface area (Å²) >= 11 is 0. The summed E-state index contributed by atoms with van der Waals surface area (Å²) in [4.78, 5) is 107. The number of hydrogen-bond donors (Lipinski definition) is 4. The number of fused-ring (bicyclic) bond motifs is 4. The summed E-state index contributed by atoms with van der Waals surface area (Å²) in [5.74, 6) is 2.81. The summed E-state index contributed by atoms with van der Waals surface area (Å²) < 4.78 is 46.8. The van der Waals surface area contributed by atoms with Crippen LogP contribution in [0.25, 0.3) is 33.6 Å². The van der Waals surface area contributed by atoms with Crippen LogP contribution >= 0.6 is 0 Å². The Hall–Kier alpha value is -9.22. The highest BCUT2D eigenvalue weighted by atomic mass is 16.7. The standard InChI is InChI=1S/C69H80N10O14/c1-37(2)58(74-66(82)90-45-10-6-7-11-45)64(80)78-30-47(92-68(84)76-29-44-22-23-56-60(50(44)33-76)88-35-86-56)25-54(78)62-70-27-52(72-62)42-18-14-40(15-19-42)41-16-20-43(21-17-41)53-28-71-63(73-53)55-26-48(31-79(55)65(81)59(38(3)4)75-67(83)91-46-12-8-9-13-46)93-69(85)77-32-49-39(5)24-57-61(51(49)34-77)89-36-87-57/h14-23,27-28,37-39,45-48,54-55,58-59H,6-13,24-26,29-36H2,1-5H3,(H,70,72)(H,71,73)(H,74,82)(H,75,83)/t39?,47-,48-,54+,55+,58+,59+/m1/s1. The minimum absolute atomic E-state index is 0.0823. The van der Waals surface area contributed by atoms with Gasteiger partial charge < -0.3 is 68.3 Å². The molecule has 1 unspecified atom stereocenters. The third-order valence-electron chi connectivity index (χ3n) is 19.9. The smallest absolute Gasteiger partial charge is 0.410 e. The number of likely N-dealkylation sites (tertiary alicyclic amines) is 2. The number of imidazole rings is 2. The normalized spacial score (nSPS) is 23.1. The Bertz CT molecular complexity index is 3750. The lowest BCUT2D eigenvalue weighted by molar-refractivity contribution is -0.136. The first kappa shape index (κ1) is 61.3. The molecule has 0 bridgehead atoms. The van der Waals surface area contributed by atoms with Gasteiger partial charge in [0.15, 0.2) is 17.3 Å². The summed E-state index contributed by atoms with van der Waals surface area (Å²) in [5.41, 5.74) is 9.01. The summed E-state index contributed by atoms with van der Waals surface area (Å²) in [5, 5.41) is 5.75. The van der Waals surface area contributed by atoms with E-state index in [1.807, 2.05) is 88.4 Å². The number of carbonyl (C=O) groups excluding carboxylic acids is 6. The lowest BCUT2D eigenvalue weighted by Gasteiger charge is -2.30. The third-order valence-corrected chi connectivity index (χ3v) is 19.9. The molecular weight excluding hydrogens is 1190 g/mol. The average molecular weight is 1270 g/mol. The van der Waals surface area contributed by atoms with E-state index in [0.717, 1.165) is 119 Å². The number of rotatable bonds is 15. The summed E-state index contributed by atoms with van der Waals surface area (Å²) in [6, 6.07) is 16.8. The van der Waals surface area contributed by atoms with Crippen LogP contribution < -0.4 is 20.1 Å². The van der Waals surface area contributed by atoms with Crippen LogP contribution in [0.1, 0.15) is 140 Å².